The standard InChI is InChI=1S/C28H24N2O5/c1-3-18-11-7-12-20(19-9-5-4-6-10-19)21(18)15-30-17(2)25(27(33)28(29)34)26-22(30)13-8-14-23(26)35-16-24(31)32/h3-14H,1,15-16H2,2H3,(H2,29,34)(H,31,32). The number of ether oxygens (including phenoxy) is 1. The second-order valence-electron chi connectivity index (χ2n) is 8.02. The molecule has 0 radical (unpaired) electrons. The third-order valence-corrected chi connectivity index (χ3v) is 5.95. The number of aliphatic carboxylic acids is 1. The number of benzene rings is 3. The van der Waals surface area contributed by atoms with E-state index in [9.17, 15) is 14.4 Å². The third kappa shape index (κ3) is 4.44. The summed E-state index contributed by atoms with van der Waals surface area (Å²) in [6.07, 6.45) is 1.78. The van der Waals surface area contributed by atoms with E-state index in [-0.39, 0.29) is 11.3 Å². The molecule has 3 N–H and O–H groups in total. The van der Waals surface area contributed by atoms with Crippen molar-refractivity contribution < 1.29 is 24.2 Å². The van der Waals surface area contributed by atoms with Gasteiger partial charge in [0.05, 0.1) is 16.5 Å². The summed E-state index contributed by atoms with van der Waals surface area (Å²) in [7, 11) is 0. The number of rotatable bonds is 9. The summed E-state index contributed by atoms with van der Waals surface area (Å²) in [4.78, 5) is 35.9. The van der Waals surface area contributed by atoms with Gasteiger partial charge in [-0.05, 0) is 41.3 Å². The molecule has 1 heterocycles. The number of carbonyl (C=O) groups excluding carboxylic acids is 2. The lowest BCUT2D eigenvalue weighted by Gasteiger charge is -2.16. The van der Waals surface area contributed by atoms with Gasteiger partial charge in [-0.15, -0.1) is 0 Å². The number of Topliss-reactive ketones (excluding diaryl/α,β-unsaturated/α-hetero) is 1. The van der Waals surface area contributed by atoms with Crippen molar-refractivity contribution in [3.05, 3.63) is 95.7 Å². The van der Waals surface area contributed by atoms with Crippen molar-refractivity contribution in [1.29, 1.82) is 0 Å². The van der Waals surface area contributed by atoms with Gasteiger partial charge in [-0.3, -0.25) is 9.59 Å². The average Bonchev–Trinajstić information content (AvgIpc) is 3.14. The van der Waals surface area contributed by atoms with Crippen LogP contribution in [-0.2, 0) is 16.1 Å². The van der Waals surface area contributed by atoms with Gasteiger partial charge in [0.25, 0.3) is 11.7 Å². The van der Waals surface area contributed by atoms with Crippen LogP contribution in [0.15, 0.2) is 73.3 Å². The number of aromatic nitrogens is 1. The van der Waals surface area contributed by atoms with E-state index in [0.717, 1.165) is 22.3 Å². The fourth-order valence-electron chi connectivity index (χ4n) is 4.38. The third-order valence-electron chi connectivity index (χ3n) is 5.95. The van der Waals surface area contributed by atoms with Crippen molar-refractivity contribution in [1.82, 2.24) is 4.57 Å². The molecule has 0 spiro atoms. The summed E-state index contributed by atoms with van der Waals surface area (Å²) < 4.78 is 7.39. The fraction of sp³-hybridized carbons (Fsp3) is 0.107. The fourth-order valence-corrected chi connectivity index (χ4v) is 4.38. The summed E-state index contributed by atoms with van der Waals surface area (Å²) in [5, 5.41) is 9.44. The molecule has 1 amide bonds. The molecule has 0 atom stereocenters. The molecule has 0 saturated carbocycles. The lowest BCUT2D eigenvalue weighted by Crippen LogP contribution is -2.24. The predicted molar refractivity (Wildman–Crippen MR) is 134 cm³/mol. The minimum atomic E-state index is -1.16. The van der Waals surface area contributed by atoms with Gasteiger partial charge >= 0.3 is 5.97 Å². The zero-order valence-electron chi connectivity index (χ0n) is 19.2. The van der Waals surface area contributed by atoms with Crippen molar-refractivity contribution in [2.75, 3.05) is 6.61 Å². The molecule has 4 aromatic rings. The molecule has 7 nitrogen and oxygen atoms in total. The number of carbonyl (C=O) groups is 3. The Hall–Kier alpha value is -4.65. The van der Waals surface area contributed by atoms with Gasteiger partial charge in [0.15, 0.2) is 6.61 Å². The number of hydrogen-bond donors (Lipinski definition) is 2. The zero-order valence-corrected chi connectivity index (χ0v) is 19.2. The smallest absolute Gasteiger partial charge is 0.341 e. The molecule has 0 aliphatic heterocycles. The molecule has 35 heavy (non-hydrogen) atoms. The highest BCUT2D eigenvalue weighted by Gasteiger charge is 2.27. The first-order valence-corrected chi connectivity index (χ1v) is 10.9. The number of amides is 1. The van der Waals surface area contributed by atoms with E-state index >= 15 is 0 Å². The minimum absolute atomic E-state index is 0.103. The first-order chi connectivity index (χ1) is 16.8. The van der Waals surface area contributed by atoms with E-state index in [0.29, 0.717) is 23.1 Å². The van der Waals surface area contributed by atoms with Crippen molar-refractivity contribution in [3.8, 4) is 16.9 Å². The number of hydrogen-bond acceptors (Lipinski definition) is 4. The molecule has 0 aliphatic carbocycles. The summed E-state index contributed by atoms with van der Waals surface area (Å²) >= 11 is 0. The topological polar surface area (TPSA) is 112 Å². The van der Waals surface area contributed by atoms with Gasteiger partial charge in [0, 0.05) is 12.2 Å². The zero-order chi connectivity index (χ0) is 25.1. The first-order valence-electron chi connectivity index (χ1n) is 10.9. The van der Waals surface area contributed by atoms with Crippen molar-refractivity contribution in [2.45, 2.75) is 13.5 Å². The molecule has 0 unspecified atom stereocenters. The normalized spacial score (nSPS) is 10.8. The molecule has 3 aromatic carbocycles. The Bertz CT molecular complexity index is 1470. The second-order valence-corrected chi connectivity index (χ2v) is 8.02. The van der Waals surface area contributed by atoms with Crippen LogP contribution in [0.4, 0.5) is 0 Å². The Morgan fingerprint density at radius 3 is 2.40 bits per heavy atom. The Balaban J connectivity index is 1.97. The van der Waals surface area contributed by atoms with E-state index in [1.165, 1.54) is 0 Å². The van der Waals surface area contributed by atoms with Gasteiger partial charge in [-0.25, -0.2) is 4.79 Å². The van der Waals surface area contributed by atoms with Gasteiger partial charge in [0.1, 0.15) is 5.75 Å². The number of ketones is 1. The molecule has 0 fully saturated rings. The number of fused-ring (bicyclic) bond motifs is 1. The molecular formula is C28H24N2O5. The van der Waals surface area contributed by atoms with Crippen molar-refractivity contribution in [2.24, 2.45) is 5.73 Å². The molecule has 0 bridgehead atoms. The first kappa shape index (κ1) is 23.5. The lowest BCUT2D eigenvalue weighted by molar-refractivity contribution is -0.139. The Labute approximate surface area is 202 Å². The number of nitrogens with zero attached hydrogens (tertiary/aromatic N) is 1. The van der Waals surface area contributed by atoms with Gasteiger partial charge in [-0.1, -0.05) is 67.3 Å². The molecular weight excluding hydrogens is 444 g/mol. The van der Waals surface area contributed by atoms with Crippen LogP contribution in [-0.4, -0.2) is 33.9 Å². The number of primary amides is 1. The van der Waals surface area contributed by atoms with Crippen LogP contribution >= 0.6 is 0 Å². The molecule has 0 saturated heterocycles. The maximum atomic E-state index is 12.9. The van der Waals surface area contributed by atoms with Gasteiger partial charge in [0.2, 0.25) is 0 Å². The summed E-state index contributed by atoms with van der Waals surface area (Å²) in [6.45, 7) is 5.47. The highest BCUT2D eigenvalue weighted by Crippen LogP contribution is 2.36. The van der Waals surface area contributed by atoms with E-state index in [2.05, 4.69) is 6.58 Å². The Morgan fingerprint density at radius 2 is 1.74 bits per heavy atom. The predicted octanol–water partition coefficient (Wildman–Crippen LogP) is 4.44. The highest BCUT2D eigenvalue weighted by atomic mass is 16.5. The van der Waals surface area contributed by atoms with E-state index in [1.807, 2.05) is 53.1 Å². The lowest BCUT2D eigenvalue weighted by atomic mass is 9.95. The monoisotopic (exact) mass is 468 g/mol. The summed E-state index contributed by atoms with van der Waals surface area (Å²) in [5.74, 6) is -2.93. The Morgan fingerprint density at radius 1 is 1.03 bits per heavy atom. The van der Waals surface area contributed by atoms with E-state index in [1.54, 1.807) is 31.2 Å². The molecule has 176 valence electrons. The average molecular weight is 469 g/mol. The number of carboxylic acid groups (broad SMARTS) is 1. The van der Waals surface area contributed by atoms with Gasteiger partial charge < -0.3 is 20.1 Å². The van der Waals surface area contributed by atoms with Crippen LogP contribution in [0.5, 0.6) is 5.75 Å². The van der Waals surface area contributed by atoms with Gasteiger partial charge in [-0.2, -0.15) is 0 Å². The molecule has 1 aromatic heterocycles. The van der Waals surface area contributed by atoms with Crippen LogP contribution in [0.1, 0.15) is 27.2 Å². The number of carboxylic acids is 1. The van der Waals surface area contributed by atoms with Crippen LogP contribution in [0.3, 0.4) is 0 Å². The number of nitrogens with two attached hydrogens (primary N) is 1. The maximum absolute atomic E-state index is 12.9. The maximum Gasteiger partial charge on any atom is 0.341 e. The van der Waals surface area contributed by atoms with E-state index < -0.39 is 24.3 Å². The Kier molecular flexibility index (Phi) is 6.51. The van der Waals surface area contributed by atoms with Crippen LogP contribution in [0.2, 0.25) is 0 Å². The van der Waals surface area contributed by atoms with Crippen molar-refractivity contribution in [3.63, 3.8) is 0 Å². The molecule has 0 aliphatic rings. The minimum Gasteiger partial charge on any atom is -0.481 e. The second kappa shape index (κ2) is 9.69. The SMILES string of the molecule is C=Cc1cccc(-c2ccccc2)c1Cn1c(C)c(C(=O)C(N)=O)c2c(OCC(=O)O)cccc21. The van der Waals surface area contributed by atoms with Crippen LogP contribution in [0, 0.1) is 6.92 Å². The summed E-state index contributed by atoms with van der Waals surface area (Å²) in [5.41, 5.74) is 10.5. The van der Waals surface area contributed by atoms with Crippen LogP contribution in [0.25, 0.3) is 28.1 Å². The summed E-state index contributed by atoms with van der Waals surface area (Å²) in [6, 6.07) is 20.9. The quantitative estimate of drug-likeness (QED) is 0.279. The van der Waals surface area contributed by atoms with Crippen molar-refractivity contribution >= 4 is 34.6 Å². The van der Waals surface area contributed by atoms with E-state index in [4.69, 9.17) is 15.6 Å². The molecule has 7 heteroatoms. The largest absolute Gasteiger partial charge is 0.481 e. The molecule has 4 rings (SSSR count). The van der Waals surface area contributed by atoms with Crippen LogP contribution < -0.4 is 10.5 Å². The highest BCUT2D eigenvalue weighted by molar-refractivity contribution is 6.45.